The van der Waals surface area contributed by atoms with Crippen molar-refractivity contribution in [3.63, 3.8) is 0 Å². The van der Waals surface area contributed by atoms with Crippen LogP contribution >= 0.6 is 0 Å². The molecule has 0 aromatic heterocycles. The largest absolute Gasteiger partial charge is 0.0912 e. The zero-order valence-electron chi connectivity index (χ0n) is 11.7. The molecule has 16 heavy (non-hydrogen) atoms. The van der Waals surface area contributed by atoms with Crippen LogP contribution in [-0.2, 0) is 0 Å². The Labute approximate surface area is 101 Å². The molecule has 0 heteroatoms. The van der Waals surface area contributed by atoms with Crippen LogP contribution in [0.4, 0.5) is 0 Å². The van der Waals surface area contributed by atoms with Crippen LogP contribution in [0.5, 0.6) is 0 Å². The van der Waals surface area contributed by atoms with E-state index >= 15 is 0 Å². The van der Waals surface area contributed by atoms with Crippen LogP contribution in [0, 0.1) is 23.7 Å². The van der Waals surface area contributed by atoms with Crippen LogP contribution in [0.25, 0.3) is 0 Å². The first kappa shape index (κ1) is 13.3. The van der Waals surface area contributed by atoms with Crippen molar-refractivity contribution in [1.82, 2.24) is 0 Å². The zero-order valence-corrected chi connectivity index (χ0v) is 11.7. The Morgan fingerprint density at radius 2 is 1.25 bits per heavy atom. The Balaban J connectivity index is 3.11. The van der Waals surface area contributed by atoms with Crippen molar-refractivity contribution >= 4 is 0 Å². The molecule has 90 valence electrons. The highest BCUT2D eigenvalue weighted by molar-refractivity contribution is 5.50. The molecule has 0 saturated carbocycles. The molecule has 0 atom stereocenters. The molecular weight excluding hydrogens is 192 g/mol. The van der Waals surface area contributed by atoms with E-state index in [0.717, 1.165) is 0 Å². The lowest BCUT2D eigenvalue weighted by atomic mass is 9.76. The molecule has 1 aliphatic carbocycles. The molecule has 0 nitrogen and oxygen atoms in total. The summed E-state index contributed by atoms with van der Waals surface area (Å²) in [5.74, 6) is 2.42. The van der Waals surface area contributed by atoms with Gasteiger partial charge in [0.25, 0.3) is 0 Å². The third kappa shape index (κ3) is 2.66. The molecular formula is C16H26. The Kier molecular flexibility index (Phi) is 4.18. The molecule has 0 heterocycles. The van der Waals surface area contributed by atoms with Crippen LogP contribution in [0.1, 0.15) is 41.5 Å². The van der Waals surface area contributed by atoms with E-state index in [0.29, 0.717) is 23.7 Å². The molecule has 0 saturated heterocycles. The van der Waals surface area contributed by atoms with Gasteiger partial charge in [0.2, 0.25) is 0 Å². The average molecular weight is 218 g/mol. The number of rotatable bonds is 3. The van der Waals surface area contributed by atoms with Crippen molar-refractivity contribution in [2.45, 2.75) is 41.5 Å². The van der Waals surface area contributed by atoms with Crippen molar-refractivity contribution in [2.75, 3.05) is 0 Å². The average Bonchev–Trinajstić information content (AvgIpc) is 2.16. The van der Waals surface area contributed by atoms with Crippen LogP contribution < -0.4 is 0 Å². The van der Waals surface area contributed by atoms with E-state index in [1.807, 2.05) is 0 Å². The summed E-state index contributed by atoms with van der Waals surface area (Å²) in [5.41, 5.74) is 4.16. The standard InChI is InChI=1S/C16H26/c1-10(2)14-8-15(11(3)4)13(7)16(9-14)12(5)6/h8-12,14H,7H2,1-6H3. The molecule has 0 fully saturated rings. The zero-order chi connectivity index (χ0) is 12.5. The van der Waals surface area contributed by atoms with Gasteiger partial charge in [-0.1, -0.05) is 60.3 Å². The van der Waals surface area contributed by atoms with Crippen molar-refractivity contribution in [2.24, 2.45) is 23.7 Å². The molecule has 0 bridgehead atoms. The van der Waals surface area contributed by atoms with Gasteiger partial charge in [-0.05, 0) is 40.4 Å². The van der Waals surface area contributed by atoms with Crippen LogP contribution in [0.3, 0.4) is 0 Å². The highest BCUT2D eigenvalue weighted by Crippen LogP contribution is 2.37. The van der Waals surface area contributed by atoms with Crippen molar-refractivity contribution in [3.05, 3.63) is 35.5 Å². The van der Waals surface area contributed by atoms with E-state index in [2.05, 4.69) is 60.3 Å². The molecule has 1 aliphatic rings. The first-order valence-electron chi connectivity index (χ1n) is 6.47. The summed E-state index contributed by atoms with van der Waals surface area (Å²) in [5, 5.41) is 0. The Bertz CT molecular complexity index is 296. The summed E-state index contributed by atoms with van der Waals surface area (Å²) >= 11 is 0. The predicted molar refractivity (Wildman–Crippen MR) is 73.3 cm³/mol. The molecule has 0 radical (unpaired) electrons. The fourth-order valence-electron chi connectivity index (χ4n) is 2.30. The minimum absolute atomic E-state index is 0.580. The van der Waals surface area contributed by atoms with E-state index in [4.69, 9.17) is 0 Å². The smallest absolute Gasteiger partial charge is 0.00182 e. The minimum Gasteiger partial charge on any atom is -0.0912 e. The van der Waals surface area contributed by atoms with Gasteiger partial charge in [0.05, 0.1) is 0 Å². The van der Waals surface area contributed by atoms with Gasteiger partial charge in [-0.15, -0.1) is 0 Å². The highest BCUT2D eigenvalue weighted by atomic mass is 14.3. The van der Waals surface area contributed by atoms with Crippen molar-refractivity contribution in [3.8, 4) is 0 Å². The Hall–Kier alpha value is -0.780. The van der Waals surface area contributed by atoms with Crippen LogP contribution in [-0.4, -0.2) is 0 Å². The highest BCUT2D eigenvalue weighted by Gasteiger charge is 2.22. The van der Waals surface area contributed by atoms with Gasteiger partial charge in [-0.25, -0.2) is 0 Å². The van der Waals surface area contributed by atoms with Crippen molar-refractivity contribution < 1.29 is 0 Å². The lowest BCUT2D eigenvalue weighted by molar-refractivity contribution is 0.529. The number of allylic oxidation sites excluding steroid dienone is 5. The molecule has 0 aliphatic heterocycles. The number of hydrogen-bond donors (Lipinski definition) is 0. The Morgan fingerprint density at radius 3 is 1.50 bits per heavy atom. The minimum atomic E-state index is 0.580. The van der Waals surface area contributed by atoms with Crippen molar-refractivity contribution in [1.29, 1.82) is 0 Å². The van der Waals surface area contributed by atoms with Crippen LogP contribution in [0.2, 0.25) is 0 Å². The second-order valence-electron chi connectivity index (χ2n) is 5.85. The van der Waals surface area contributed by atoms with Gasteiger partial charge in [0.1, 0.15) is 0 Å². The topological polar surface area (TPSA) is 0 Å². The van der Waals surface area contributed by atoms with E-state index < -0.39 is 0 Å². The SMILES string of the molecule is C=C1C(C(C)C)=CC(C(C)C)C=C1C(C)C. The fraction of sp³-hybridized carbons (Fsp3) is 0.625. The molecule has 0 aromatic rings. The lowest BCUT2D eigenvalue weighted by Gasteiger charge is -2.29. The van der Waals surface area contributed by atoms with Gasteiger partial charge >= 0.3 is 0 Å². The van der Waals surface area contributed by atoms with E-state index in [1.165, 1.54) is 16.7 Å². The van der Waals surface area contributed by atoms with Crippen LogP contribution in [0.15, 0.2) is 35.5 Å². The quantitative estimate of drug-likeness (QED) is 0.626. The maximum atomic E-state index is 4.28. The Morgan fingerprint density at radius 1 is 0.875 bits per heavy atom. The van der Waals surface area contributed by atoms with E-state index in [-0.39, 0.29) is 0 Å². The van der Waals surface area contributed by atoms with Gasteiger partial charge in [-0.3, -0.25) is 0 Å². The van der Waals surface area contributed by atoms with E-state index in [9.17, 15) is 0 Å². The summed E-state index contributed by atoms with van der Waals surface area (Å²) in [6.07, 6.45) is 4.84. The third-order valence-corrected chi connectivity index (χ3v) is 3.45. The monoisotopic (exact) mass is 218 g/mol. The molecule has 0 spiro atoms. The first-order chi connectivity index (χ1) is 7.34. The molecule has 0 N–H and O–H groups in total. The fourth-order valence-corrected chi connectivity index (χ4v) is 2.30. The summed E-state index contributed by atoms with van der Waals surface area (Å²) in [6.45, 7) is 17.9. The number of hydrogen-bond acceptors (Lipinski definition) is 0. The van der Waals surface area contributed by atoms with Gasteiger partial charge in [-0.2, -0.15) is 0 Å². The third-order valence-electron chi connectivity index (χ3n) is 3.45. The first-order valence-corrected chi connectivity index (χ1v) is 6.47. The lowest BCUT2D eigenvalue weighted by Crippen LogP contribution is -2.16. The van der Waals surface area contributed by atoms with E-state index in [1.54, 1.807) is 0 Å². The molecule has 1 rings (SSSR count). The second-order valence-corrected chi connectivity index (χ2v) is 5.85. The van der Waals surface area contributed by atoms with Gasteiger partial charge < -0.3 is 0 Å². The normalized spacial score (nSPS) is 18.4. The maximum absolute atomic E-state index is 4.28. The summed E-state index contributed by atoms with van der Waals surface area (Å²) < 4.78 is 0. The molecule has 0 amide bonds. The summed E-state index contributed by atoms with van der Waals surface area (Å²) in [4.78, 5) is 0. The maximum Gasteiger partial charge on any atom is -0.00182 e. The molecule has 0 aromatic carbocycles. The van der Waals surface area contributed by atoms with Gasteiger partial charge in [0, 0.05) is 0 Å². The molecule has 0 unspecified atom stereocenters. The summed E-state index contributed by atoms with van der Waals surface area (Å²) in [6, 6.07) is 0. The summed E-state index contributed by atoms with van der Waals surface area (Å²) in [7, 11) is 0. The predicted octanol–water partition coefficient (Wildman–Crippen LogP) is 4.99. The second kappa shape index (κ2) is 5.03. The van der Waals surface area contributed by atoms with Gasteiger partial charge in [0.15, 0.2) is 0 Å².